The van der Waals surface area contributed by atoms with Crippen molar-refractivity contribution in [3.8, 4) is 0 Å². The summed E-state index contributed by atoms with van der Waals surface area (Å²) in [6, 6.07) is 9.20. The number of nitrogens with zero attached hydrogens (tertiary/aromatic N) is 3. The lowest BCUT2D eigenvalue weighted by molar-refractivity contribution is -0.145. The maximum absolute atomic E-state index is 14.5. The van der Waals surface area contributed by atoms with Gasteiger partial charge in [-0.3, -0.25) is 14.4 Å². The molecule has 3 heterocycles. The first kappa shape index (κ1) is 31.8. The van der Waals surface area contributed by atoms with Gasteiger partial charge >= 0.3 is 0 Å². The van der Waals surface area contributed by atoms with E-state index < -0.39 is 22.6 Å². The molecule has 3 fully saturated rings. The first-order valence-corrected chi connectivity index (χ1v) is 16.6. The van der Waals surface area contributed by atoms with Crippen LogP contribution in [0.2, 0.25) is 0 Å². The number of aliphatic hydroxyl groups excluding tert-OH is 1. The predicted octanol–water partition coefficient (Wildman–Crippen LogP) is 4.64. The highest BCUT2D eigenvalue weighted by atomic mass is 79.9. The van der Waals surface area contributed by atoms with Crippen molar-refractivity contribution in [1.29, 1.82) is 0 Å². The third-order valence-electron chi connectivity index (χ3n) is 8.84. The first-order chi connectivity index (χ1) is 19.7. The number of fused-ring (bicyclic) bond motifs is 1. The molecule has 0 radical (unpaired) electrons. The quantitative estimate of drug-likeness (QED) is 0.171. The summed E-state index contributed by atoms with van der Waals surface area (Å²) in [5.74, 6) is -1.32. The van der Waals surface area contributed by atoms with E-state index in [1.165, 1.54) is 0 Å². The van der Waals surface area contributed by atoms with E-state index in [0.717, 1.165) is 18.4 Å². The van der Waals surface area contributed by atoms with E-state index in [2.05, 4.69) is 42.9 Å². The zero-order valence-corrected chi connectivity index (χ0v) is 26.7. The van der Waals surface area contributed by atoms with E-state index in [0.29, 0.717) is 45.4 Å². The van der Waals surface area contributed by atoms with Gasteiger partial charge in [-0.2, -0.15) is 0 Å². The van der Waals surface area contributed by atoms with Gasteiger partial charge in [0.1, 0.15) is 6.04 Å². The number of likely N-dealkylation sites (tertiary alicyclic amines) is 1. The number of unbranched alkanes of at least 4 members (excludes halogenated alkanes) is 1. The fraction of sp³-hybridized carbons (Fsp3) is 0.594. The number of carbonyl (C=O) groups excluding carboxylic acids is 3. The third-order valence-corrected chi connectivity index (χ3v) is 12.1. The highest BCUT2D eigenvalue weighted by molar-refractivity contribution is 9.09. The van der Waals surface area contributed by atoms with Gasteiger partial charge < -0.3 is 19.8 Å². The predicted molar refractivity (Wildman–Crippen MR) is 169 cm³/mol. The summed E-state index contributed by atoms with van der Waals surface area (Å²) in [6.07, 6.45) is 7.08. The van der Waals surface area contributed by atoms with E-state index in [9.17, 15) is 19.5 Å². The molecule has 4 unspecified atom stereocenters. The lowest BCUT2D eigenvalue weighted by Crippen LogP contribution is -2.57. The monoisotopic (exact) mass is 645 g/mol. The number of amides is 3. The Morgan fingerprint density at radius 2 is 1.90 bits per heavy atom. The summed E-state index contributed by atoms with van der Waals surface area (Å²) in [5.41, 5.74) is 1.02. The number of aliphatic hydroxyl groups is 1. The normalized spacial score (nSPS) is 28.8. The van der Waals surface area contributed by atoms with E-state index in [1.807, 2.05) is 35.2 Å². The van der Waals surface area contributed by atoms with Gasteiger partial charge in [-0.05, 0) is 38.2 Å². The molecule has 0 aliphatic carbocycles. The Kier molecular flexibility index (Phi) is 10.8. The molecule has 3 saturated heterocycles. The average molecular weight is 647 g/mol. The number of rotatable bonds is 15. The number of hydrogen-bond donors (Lipinski definition) is 1. The lowest BCUT2D eigenvalue weighted by Gasteiger charge is -2.40. The second-order valence-electron chi connectivity index (χ2n) is 11.5. The molecule has 7 atom stereocenters. The highest BCUT2D eigenvalue weighted by Gasteiger charge is 2.76. The third kappa shape index (κ3) is 6.04. The van der Waals surface area contributed by atoms with Gasteiger partial charge in [-0.1, -0.05) is 71.8 Å². The zero-order chi connectivity index (χ0) is 29.7. The molecule has 3 amide bonds. The molecule has 1 aromatic carbocycles. The van der Waals surface area contributed by atoms with Crippen molar-refractivity contribution in [2.75, 3.05) is 26.2 Å². The first-order valence-electron chi connectivity index (χ1n) is 14.8. The molecular weight excluding hydrogens is 602 g/mol. The molecule has 3 aliphatic heterocycles. The van der Waals surface area contributed by atoms with Crippen molar-refractivity contribution in [2.24, 2.45) is 11.8 Å². The van der Waals surface area contributed by atoms with Crippen LogP contribution in [0.1, 0.15) is 51.5 Å². The van der Waals surface area contributed by atoms with Crippen LogP contribution in [0.3, 0.4) is 0 Å². The Bertz CT molecular complexity index is 1120. The van der Waals surface area contributed by atoms with E-state index in [4.69, 9.17) is 0 Å². The molecule has 1 spiro atoms. The van der Waals surface area contributed by atoms with Gasteiger partial charge in [-0.15, -0.1) is 24.9 Å². The van der Waals surface area contributed by atoms with E-state index in [1.54, 1.807) is 33.7 Å². The molecule has 3 aliphatic rings. The van der Waals surface area contributed by atoms with Crippen LogP contribution in [-0.2, 0) is 20.9 Å². The number of thioether (sulfide) groups is 1. The van der Waals surface area contributed by atoms with Gasteiger partial charge in [0.25, 0.3) is 0 Å². The number of carbonyl (C=O) groups is 3. The maximum Gasteiger partial charge on any atom is 0.247 e. The topological polar surface area (TPSA) is 81.2 Å². The van der Waals surface area contributed by atoms with Gasteiger partial charge in [0.05, 0.1) is 16.6 Å². The molecular formula is C32H44BrN3O4S. The van der Waals surface area contributed by atoms with Crippen LogP contribution < -0.4 is 0 Å². The lowest BCUT2D eigenvalue weighted by atomic mass is 9.70. The summed E-state index contributed by atoms with van der Waals surface area (Å²) >= 11 is 5.55. The Labute approximate surface area is 257 Å². The number of benzene rings is 1. The summed E-state index contributed by atoms with van der Waals surface area (Å²) in [5, 5.41) is 9.36. The van der Waals surface area contributed by atoms with Crippen LogP contribution >= 0.6 is 27.7 Å². The molecule has 0 aromatic heterocycles. The Morgan fingerprint density at radius 3 is 2.54 bits per heavy atom. The maximum atomic E-state index is 14.5. The minimum atomic E-state index is -0.690. The average Bonchev–Trinajstić information content (AvgIpc) is 3.55. The summed E-state index contributed by atoms with van der Waals surface area (Å²) in [4.78, 5) is 48.7. The largest absolute Gasteiger partial charge is 0.396 e. The Hall–Kier alpha value is -2.10. The molecule has 0 saturated carbocycles. The zero-order valence-electron chi connectivity index (χ0n) is 24.3. The van der Waals surface area contributed by atoms with E-state index >= 15 is 0 Å². The van der Waals surface area contributed by atoms with Gasteiger partial charge in [0.2, 0.25) is 17.7 Å². The SMILES string of the molecule is C=CCN(Cc1ccccc1)C(=O)[C@H]1[C@@H]2SC3(CC2Br)C(C(=O)N(CC=C)C(C)CCC)N(CCCCO)C(=O)[C@H]13. The molecule has 1 aromatic rings. The van der Waals surface area contributed by atoms with Crippen molar-refractivity contribution < 1.29 is 19.5 Å². The smallest absolute Gasteiger partial charge is 0.247 e. The molecule has 4 rings (SSSR count). The van der Waals surface area contributed by atoms with Crippen molar-refractivity contribution in [2.45, 2.75) is 79.4 Å². The van der Waals surface area contributed by atoms with Crippen molar-refractivity contribution in [1.82, 2.24) is 14.7 Å². The molecule has 9 heteroatoms. The fourth-order valence-corrected chi connectivity index (χ4v) is 10.7. The van der Waals surface area contributed by atoms with Crippen LogP contribution in [0.4, 0.5) is 0 Å². The van der Waals surface area contributed by atoms with Crippen LogP contribution in [0.5, 0.6) is 0 Å². The Morgan fingerprint density at radius 1 is 1.20 bits per heavy atom. The van der Waals surface area contributed by atoms with Crippen LogP contribution in [0, 0.1) is 11.8 Å². The summed E-state index contributed by atoms with van der Waals surface area (Å²) in [7, 11) is 0. The molecule has 7 nitrogen and oxygen atoms in total. The Balaban J connectivity index is 1.73. The second kappa shape index (κ2) is 13.9. The highest BCUT2D eigenvalue weighted by Crippen LogP contribution is 2.68. The van der Waals surface area contributed by atoms with Crippen molar-refractivity contribution in [3.05, 3.63) is 61.2 Å². The standard InChI is InChI=1S/C32H44BrN3O4S/c1-5-13-22(4)35(17-7-3)31(40)28-32-20-24(33)27(41-32)25(26(32)30(39)36(28)18-11-12-19-37)29(38)34(16-6-2)21-23-14-9-8-10-15-23/h6-10,14-15,22,24-28,37H,2-3,5,11-13,16-21H2,1,4H3/t22?,24?,25-,26+,27-,28?,32?/m1/s1. The fourth-order valence-electron chi connectivity index (χ4n) is 7.09. The minimum absolute atomic E-state index is 0.00472. The van der Waals surface area contributed by atoms with E-state index in [-0.39, 0.29) is 40.4 Å². The van der Waals surface area contributed by atoms with Crippen molar-refractivity contribution in [3.63, 3.8) is 0 Å². The summed E-state index contributed by atoms with van der Waals surface area (Å²) in [6.45, 7) is 13.6. The number of halogens is 1. The number of alkyl halides is 1. The van der Waals surface area contributed by atoms with Gasteiger partial charge in [-0.25, -0.2) is 0 Å². The number of hydrogen-bond acceptors (Lipinski definition) is 5. The van der Waals surface area contributed by atoms with Crippen LogP contribution in [0.15, 0.2) is 55.6 Å². The van der Waals surface area contributed by atoms with Crippen LogP contribution in [0.25, 0.3) is 0 Å². The van der Waals surface area contributed by atoms with Gasteiger partial charge in [0.15, 0.2) is 0 Å². The molecule has 41 heavy (non-hydrogen) atoms. The van der Waals surface area contributed by atoms with Gasteiger partial charge in [0, 0.05) is 48.9 Å². The van der Waals surface area contributed by atoms with Crippen LogP contribution in [-0.4, -0.2) is 90.7 Å². The minimum Gasteiger partial charge on any atom is -0.396 e. The molecule has 2 bridgehead atoms. The van der Waals surface area contributed by atoms with Crippen molar-refractivity contribution >= 4 is 45.4 Å². The molecule has 1 N–H and O–H groups in total. The molecule has 224 valence electrons. The second-order valence-corrected chi connectivity index (χ2v) is 14.3. The summed E-state index contributed by atoms with van der Waals surface area (Å²) < 4.78 is -0.690.